The zero-order valence-electron chi connectivity index (χ0n) is 12.7. The van der Waals surface area contributed by atoms with E-state index in [2.05, 4.69) is 43.5 Å². The van der Waals surface area contributed by atoms with Crippen LogP contribution in [-0.4, -0.2) is 24.6 Å². The first-order valence-corrected chi connectivity index (χ1v) is 7.10. The molecule has 1 unspecified atom stereocenters. The Labute approximate surface area is 120 Å². The number of rotatable bonds is 4. The van der Waals surface area contributed by atoms with Gasteiger partial charge in [-0.05, 0) is 38.8 Å². The molecule has 4 heteroatoms. The summed E-state index contributed by atoms with van der Waals surface area (Å²) in [6, 6.07) is 6.50. The molecule has 0 spiro atoms. The number of nitrogens with one attached hydrogen (secondary N) is 2. The van der Waals surface area contributed by atoms with Gasteiger partial charge in [0.25, 0.3) is 0 Å². The van der Waals surface area contributed by atoms with Crippen molar-refractivity contribution in [3.8, 4) is 5.75 Å². The summed E-state index contributed by atoms with van der Waals surface area (Å²) < 4.78 is 5.43. The second-order valence-corrected chi connectivity index (χ2v) is 6.06. The number of carbonyl (C=O) groups excluding carboxylic acids is 1. The van der Waals surface area contributed by atoms with E-state index in [9.17, 15) is 4.79 Å². The first-order chi connectivity index (χ1) is 9.42. The molecule has 0 aromatic heterocycles. The van der Waals surface area contributed by atoms with Gasteiger partial charge in [0.1, 0.15) is 5.75 Å². The van der Waals surface area contributed by atoms with E-state index >= 15 is 0 Å². The Bertz CT molecular complexity index is 497. The number of amides is 1. The van der Waals surface area contributed by atoms with Gasteiger partial charge in [-0.15, -0.1) is 0 Å². The Morgan fingerprint density at radius 2 is 2.20 bits per heavy atom. The van der Waals surface area contributed by atoms with Gasteiger partial charge in [-0.1, -0.05) is 12.1 Å². The molecular weight excluding hydrogens is 252 g/mol. The van der Waals surface area contributed by atoms with Crippen molar-refractivity contribution in [2.75, 3.05) is 7.11 Å². The molecule has 1 aromatic carbocycles. The van der Waals surface area contributed by atoms with Crippen molar-refractivity contribution in [3.63, 3.8) is 0 Å². The number of ether oxygens (including phenoxy) is 1. The Hall–Kier alpha value is -1.55. The highest BCUT2D eigenvalue weighted by atomic mass is 16.5. The minimum Gasteiger partial charge on any atom is -0.496 e. The number of carbonyl (C=O) groups is 1. The minimum absolute atomic E-state index is 0.140. The lowest BCUT2D eigenvalue weighted by molar-refractivity contribution is -0.125. The molecule has 1 fully saturated rings. The Morgan fingerprint density at radius 3 is 2.85 bits per heavy atom. The molecule has 4 nitrogen and oxygen atoms in total. The second-order valence-electron chi connectivity index (χ2n) is 6.06. The Morgan fingerprint density at radius 1 is 1.45 bits per heavy atom. The average molecular weight is 276 g/mol. The zero-order chi connectivity index (χ0) is 14.8. The van der Waals surface area contributed by atoms with Crippen molar-refractivity contribution in [3.05, 3.63) is 29.3 Å². The third-order valence-electron chi connectivity index (χ3n) is 3.97. The third-order valence-corrected chi connectivity index (χ3v) is 3.97. The van der Waals surface area contributed by atoms with Crippen molar-refractivity contribution < 1.29 is 9.53 Å². The van der Waals surface area contributed by atoms with Gasteiger partial charge in [-0.25, -0.2) is 0 Å². The van der Waals surface area contributed by atoms with Crippen molar-refractivity contribution in [2.24, 2.45) is 0 Å². The first-order valence-electron chi connectivity index (χ1n) is 7.10. The molecule has 0 bridgehead atoms. The van der Waals surface area contributed by atoms with Gasteiger partial charge in [-0.2, -0.15) is 0 Å². The van der Waals surface area contributed by atoms with E-state index in [4.69, 9.17) is 4.74 Å². The van der Waals surface area contributed by atoms with Crippen molar-refractivity contribution in [1.29, 1.82) is 0 Å². The normalized spacial score (nSPS) is 21.4. The van der Waals surface area contributed by atoms with E-state index < -0.39 is 0 Å². The van der Waals surface area contributed by atoms with Crippen LogP contribution in [-0.2, 0) is 11.3 Å². The molecule has 1 amide bonds. The molecule has 2 rings (SSSR count). The van der Waals surface area contributed by atoms with Crippen LogP contribution in [0.25, 0.3) is 0 Å². The zero-order valence-corrected chi connectivity index (χ0v) is 12.7. The van der Waals surface area contributed by atoms with E-state index in [0.29, 0.717) is 6.42 Å². The maximum Gasteiger partial charge on any atom is 0.220 e. The van der Waals surface area contributed by atoms with E-state index in [1.807, 2.05) is 6.07 Å². The van der Waals surface area contributed by atoms with Gasteiger partial charge in [-0.3, -0.25) is 4.79 Å². The molecule has 1 aliphatic rings. The van der Waals surface area contributed by atoms with Gasteiger partial charge in [0.05, 0.1) is 7.11 Å². The van der Waals surface area contributed by atoms with Crippen LogP contribution in [0, 0.1) is 6.92 Å². The van der Waals surface area contributed by atoms with Gasteiger partial charge in [0.2, 0.25) is 5.91 Å². The van der Waals surface area contributed by atoms with E-state index in [0.717, 1.165) is 24.3 Å². The molecule has 1 heterocycles. The van der Waals surface area contributed by atoms with Gasteiger partial charge < -0.3 is 15.4 Å². The lowest BCUT2D eigenvalue weighted by atomic mass is 9.86. The topological polar surface area (TPSA) is 50.4 Å². The fraction of sp³-hybridized carbons (Fsp3) is 0.562. The SMILES string of the molecule is COc1cc(C)ccc1CNC1CCC(=O)NC1(C)C. The van der Waals surface area contributed by atoms with E-state index in [1.165, 1.54) is 5.56 Å². The fourth-order valence-electron chi connectivity index (χ4n) is 2.73. The fourth-order valence-corrected chi connectivity index (χ4v) is 2.73. The number of methoxy groups -OCH3 is 1. The van der Waals surface area contributed by atoms with Crippen molar-refractivity contribution in [2.45, 2.75) is 51.7 Å². The summed E-state index contributed by atoms with van der Waals surface area (Å²) in [4.78, 5) is 11.5. The number of hydrogen-bond donors (Lipinski definition) is 2. The summed E-state index contributed by atoms with van der Waals surface area (Å²) in [5.74, 6) is 1.05. The lowest BCUT2D eigenvalue weighted by Crippen LogP contribution is -2.60. The van der Waals surface area contributed by atoms with Crippen molar-refractivity contribution in [1.82, 2.24) is 10.6 Å². The quantitative estimate of drug-likeness (QED) is 0.886. The van der Waals surface area contributed by atoms with Gasteiger partial charge in [0, 0.05) is 30.1 Å². The van der Waals surface area contributed by atoms with Crippen LogP contribution >= 0.6 is 0 Å². The molecule has 110 valence electrons. The number of hydrogen-bond acceptors (Lipinski definition) is 3. The molecule has 0 radical (unpaired) electrons. The van der Waals surface area contributed by atoms with Crippen LogP contribution in [0.15, 0.2) is 18.2 Å². The summed E-state index contributed by atoms with van der Waals surface area (Å²) in [5.41, 5.74) is 2.12. The molecule has 0 aliphatic carbocycles. The highest BCUT2D eigenvalue weighted by Gasteiger charge is 2.34. The first kappa shape index (κ1) is 14.9. The molecule has 20 heavy (non-hydrogen) atoms. The summed E-state index contributed by atoms with van der Waals surface area (Å²) in [5, 5.41) is 6.60. The van der Waals surface area contributed by atoms with Gasteiger partial charge in [0.15, 0.2) is 0 Å². The van der Waals surface area contributed by atoms with Crippen molar-refractivity contribution >= 4 is 5.91 Å². The Balaban J connectivity index is 2.03. The molecule has 1 saturated heterocycles. The van der Waals surface area contributed by atoms with Gasteiger partial charge >= 0.3 is 0 Å². The molecule has 0 saturated carbocycles. The Kier molecular flexibility index (Phi) is 4.33. The summed E-state index contributed by atoms with van der Waals surface area (Å²) >= 11 is 0. The molecule has 1 aliphatic heterocycles. The maximum atomic E-state index is 11.5. The smallest absolute Gasteiger partial charge is 0.220 e. The minimum atomic E-state index is -0.215. The summed E-state index contributed by atoms with van der Waals surface area (Å²) in [6.07, 6.45) is 1.46. The summed E-state index contributed by atoms with van der Waals surface area (Å²) in [6.45, 7) is 6.93. The summed E-state index contributed by atoms with van der Waals surface area (Å²) in [7, 11) is 1.70. The number of piperidine rings is 1. The van der Waals surface area contributed by atoms with Crippen LogP contribution in [0.3, 0.4) is 0 Å². The van der Waals surface area contributed by atoms with Crippen LogP contribution in [0.1, 0.15) is 37.8 Å². The highest BCUT2D eigenvalue weighted by Crippen LogP contribution is 2.23. The second kappa shape index (κ2) is 5.83. The lowest BCUT2D eigenvalue weighted by Gasteiger charge is -2.39. The van der Waals surface area contributed by atoms with Crippen LogP contribution in [0.2, 0.25) is 0 Å². The predicted octanol–water partition coefficient (Wildman–Crippen LogP) is 2.15. The van der Waals surface area contributed by atoms with Crippen LogP contribution < -0.4 is 15.4 Å². The van der Waals surface area contributed by atoms with Crippen LogP contribution in [0.4, 0.5) is 0 Å². The molecule has 2 N–H and O–H groups in total. The highest BCUT2D eigenvalue weighted by molar-refractivity contribution is 5.77. The number of aryl methyl sites for hydroxylation is 1. The largest absolute Gasteiger partial charge is 0.496 e. The number of benzene rings is 1. The van der Waals surface area contributed by atoms with E-state index in [-0.39, 0.29) is 17.5 Å². The molecule has 1 atom stereocenters. The molecular formula is C16H24N2O2. The standard InChI is InChI=1S/C16H24N2O2/c1-11-5-6-12(13(9-11)20-4)10-17-14-7-8-15(19)18-16(14,2)3/h5-6,9,14,17H,7-8,10H2,1-4H3,(H,18,19). The van der Waals surface area contributed by atoms with E-state index in [1.54, 1.807) is 7.11 Å². The molecule has 1 aromatic rings. The third kappa shape index (κ3) is 3.31. The van der Waals surface area contributed by atoms with Crippen LogP contribution in [0.5, 0.6) is 5.75 Å². The predicted molar refractivity (Wildman–Crippen MR) is 79.8 cm³/mol. The maximum absolute atomic E-state index is 11.5. The monoisotopic (exact) mass is 276 g/mol. The average Bonchev–Trinajstić information content (AvgIpc) is 2.38.